The highest BCUT2D eigenvalue weighted by molar-refractivity contribution is 5.98. The Morgan fingerprint density at radius 1 is 1.35 bits per heavy atom. The van der Waals surface area contributed by atoms with Gasteiger partial charge in [0.1, 0.15) is 0 Å². The van der Waals surface area contributed by atoms with Crippen molar-refractivity contribution in [2.24, 2.45) is 11.7 Å². The number of hydrogen-bond acceptors (Lipinski definition) is 3. The quantitative estimate of drug-likeness (QED) is 0.844. The summed E-state index contributed by atoms with van der Waals surface area (Å²) in [4.78, 5) is 25.6. The first-order chi connectivity index (χ1) is 9.66. The summed E-state index contributed by atoms with van der Waals surface area (Å²) in [7, 11) is 0. The molecule has 1 unspecified atom stereocenters. The van der Waals surface area contributed by atoms with Gasteiger partial charge >= 0.3 is 0 Å². The van der Waals surface area contributed by atoms with Gasteiger partial charge in [0, 0.05) is 30.9 Å². The standard InChI is InChI=1S/C15H19N3O2/c16-14(19)10-6-8-18(9-10)15(20)12-3-1-5-13-11(12)4-2-7-17-13/h1,3,5,10,17H,2,4,6-9H2,(H2,16,19). The van der Waals surface area contributed by atoms with E-state index in [-0.39, 0.29) is 17.7 Å². The van der Waals surface area contributed by atoms with Gasteiger partial charge in [0.2, 0.25) is 5.91 Å². The predicted molar refractivity (Wildman–Crippen MR) is 76.5 cm³/mol. The number of carbonyl (C=O) groups excluding carboxylic acids is 2. The van der Waals surface area contributed by atoms with Crippen LogP contribution in [0.25, 0.3) is 0 Å². The number of anilines is 1. The summed E-state index contributed by atoms with van der Waals surface area (Å²) >= 11 is 0. The average molecular weight is 273 g/mol. The Balaban J connectivity index is 1.83. The predicted octanol–water partition coefficient (Wildman–Crippen LogP) is 0.992. The van der Waals surface area contributed by atoms with Gasteiger partial charge < -0.3 is 16.0 Å². The molecule has 2 amide bonds. The van der Waals surface area contributed by atoms with Crippen LogP contribution in [-0.4, -0.2) is 36.3 Å². The Kier molecular flexibility index (Phi) is 3.34. The zero-order valence-electron chi connectivity index (χ0n) is 11.4. The molecule has 1 fully saturated rings. The molecule has 0 bridgehead atoms. The molecule has 2 aliphatic rings. The summed E-state index contributed by atoms with van der Waals surface area (Å²) in [5.41, 5.74) is 8.25. The lowest BCUT2D eigenvalue weighted by molar-refractivity contribution is -0.121. The maximum Gasteiger partial charge on any atom is 0.254 e. The van der Waals surface area contributed by atoms with Crippen LogP contribution in [0.1, 0.15) is 28.8 Å². The van der Waals surface area contributed by atoms with Gasteiger partial charge in [0.05, 0.1) is 5.92 Å². The molecule has 5 heteroatoms. The van der Waals surface area contributed by atoms with Gasteiger partial charge in [-0.1, -0.05) is 6.07 Å². The van der Waals surface area contributed by atoms with E-state index in [0.717, 1.165) is 36.2 Å². The molecule has 1 saturated heterocycles. The van der Waals surface area contributed by atoms with E-state index in [0.29, 0.717) is 19.5 Å². The Bertz CT molecular complexity index is 556. The summed E-state index contributed by atoms with van der Waals surface area (Å²) in [6.45, 7) is 2.02. The highest BCUT2D eigenvalue weighted by atomic mass is 16.2. The molecule has 0 aromatic heterocycles. The first kappa shape index (κ1) is 13.0. The number of amides is 2. The van der Waals surface area contributed by atoms with Crippen LogP contribution in [0.15, 0.2) is 18.2 Å². The second-order valence-corrected chi connectivity index (χ2v) is 5.50. The zero-order chi connectivity index (χ0) is 14.1. The third-order valence-corrected chi connectivity index (χ3v) is 4.20. The molecule has 0 radical (unpaired) electrons. The Morgan fingerprint density at radius 2 is 2.20 bits per heavy atom. The van der Waals surface area contributed by atoms with Crippen molar-refractivity contribution >= 4 is 17.5 Å². The summed E-state index contributed by atoms with van der Waals surface area (Å²) in [6.07, 6.45) is 2.65. The minimum Gasteiger partial charge on any atom is -0.385 e. The average Bonchev–Trinajstić information content (AvgIpc) is 2.96. The summed E-state index contributed by atoms with van der Waals surface area (Å²) in [5.74, 6) is -0.483. The number of rotatable bonds is 2. The third-order valence-electron chi connectivity index (χ3n) is 4.20. The van der Waals surface area contributed by atoms with Crippen molar-refractivity contribution in [3.8, 4) is 0 Å². The van der Waals surface area contributed by atoms with Crippen LogP contribution >= 0.6 is 0 Å². The van der Waals surface area contributed by atoms with Crippen LogP contribution in [0.4, 0.5) is 5.69 Å². The van der Waals surface area contributed by atoms with Gasteiger partial charge in [-0.25, -0.2) is 0 Å². The van der Waals surface area contributed by atoms with Gasteiger partial charge in [-0.2, -0.15) is 0 Å². The van der Waals surface area contributed by atoms with Crippen LogP contribution in [-0.2, 0) is 11.2 Å². The van der Waals surface area contributed by atoms with Gasteiger partial charge in [0.15, 0.2) is 0 Å². The lowest BCUT2D eigenvalue weighted by Gasteiger charge is -2.23. The molecule has 2 aliphatic heterocycles. The molecule has 1 atom stereocenters. The fraction of sp³-hybridized carbons (Fsp3) is 0.467. The lowest BCUT2D eigenvalue weighted by Crippen LogP contribution is -2.32. The third kappa shape index (κ3) is 2.24. The van der Waals surface area contributed by atoms with Crippen LogP contribution < -0.4 is 11.1 Å². The maximum absolute atomic E-state index is 12.6. The normalized spacial score (nSPS) is 21.2. The molecular formula is C15H19N3O2. The fourth-order valence-electron chi connectivity index (χ4n) is 3.06. The molecular weight excluding hydrogens is 254 g/mol. The molecule has 20 heavy (non-hydrogen) atoms. The minimum atomic E-state index is -0.308. The van der Waals surface area contributed by atoms with Crippen LogP contribution in [0.5, 0.6) is 0 Å². The number of benzene rings is 1. The van der Waals surface area contributed by atoms with E-state index in [1.54, 1.807) is 4.90 Å². The van der Waals surface area contributed by atoms with Crippen molar-refractivity contribution in [3.05, 3.63) is 29.3 Å². The van der Waals surface area contributed by atoms with Crippen molar-refractivity contribution in [2.45, 2.75) is 19.3 Å². The molecule has 5 nitrogen and oxygen atoms in total. The van der Waals surface area contributed by atoms with E-state index in [1.165, 1.54) is 0 Å². The molecule has 0 spiro atoms. The van der Waals surface area contributed by atoms with Crippen LogP contribution in [0.2, 0.25) is 0 Å². The molecule has 3 rings (SSSR count). The largest absolute Gasteiger partial charge is 0.385 e. The second kappa shape index (κ2) is 5.15. The van der Waals surface area contributed by atoms with E-state index < -0.39 is 0 Å². The zero-order valence-corrected chi connectivity index (χ0v) is 11.4. The van der Waals surface area contributed by atoms with Crippen molar-refractivity contribution in [2.75, 3.05) is 25.0 Å². The van der Waals surface area contributed by atoms with Gasteiger partial charge in [0.25, 0.3) is 5.91 Å². The van der Waals surface area contributed by atoms with Crippen molar-refractivity contribution in [1.82, 2.24) is 4.90 Å². The van der Waals surface area contributed by atoms with Gasteiger partial charge in [-0.3, -0.25) is 9.59 Å². The molecule has 1 aromatic rings. The van der Waals surface area contributed by atoms with Crippen LogP contribution in [0.3, 0.4) is 0 Å². The van der Waals surface area contributed by atoms with Crippen molar-refractivity contribution < 1.29 is 9.59 Å². The van der Waals surface area contributed by atoms with Gasteiger partial charge in [-0.05, 0) is 37.0 Å². The highest BCUT2D eigenvalue weighted by Gasteiger charge is 2.31. The Morgan fingerprint density at radius 3 is 2.95 bits per heavy atom. The van der Waals surface area contributed by atoms with E-state index in [4.69, 9.17) is 5.73 Å². The number of fused-ring (bicyclic) bond motifs is 1. The second-order valence-electron chi connectivity index (χ2n) is 5.50. The number of primary amides is 1. The van der Waals surface area contributed by atoms with Gasteiger partial charge in [-0.15, -0.1) is 0 Å². The number of carbonyl (C=O) groups is 2. The molecule has 106 valence electrons. The SMILES string of the molecule is NC(=O)C1CCN(C(=O)c2cccc3c2CCCN3)C1. The van der Waals surface area contributed by atoms with Crippen molar-refractivity contribution in [3.63, 3.8) is 0 Å². The Hall–Kier alpha value is -2.04. The summed E-state index contributed by atoms with van der Waals surface area (Å²) in [6, 6.07) is 5.80. The highest BCUT2D eigenvalue weighted by Crippen LogP contribution is 2.27. The fourth-order valence-corrected chi connectivity index (χ4v) is 3.06. The number of likely N-dealkylation sites (tertiary alicyclic amines) is 1. The molecule has 3 N–H and O–H groups in total. The lowest BCUT2D eigenvalue weighted by atomic mass is 9.97. The number of nitrogens with zero attached hydrogens (tertiary/aromatic N) is 1. The topological polar surface area (TPSA) is 75.4 Å². The molecule has 0 aliphatic carbocycles. The number of hydrogen-bond donors (Lipinski definition) is 2. The van der Waals surface area contributed by atoms with Crippen LogP contribution in [0, 0.1) is 5.92 Å². The number of nitrogens with one attached hydrogen (secondary N) is 1. The first-order valence-electron chi connectivity index (χ1n) is 7.11. The summed E-state index contributed by atoms with van der Waals surface area (Å²) < 4.78 is 0. The monoisotopic (exact) mass is 273 g/mol. The van der Waals surface area contributed by atoms with E-state index in [1.807, 2.05) is 18.2 Å². The first-order valence-corrected chi connectivity index (χ1v) is 7.11. The van der Waals surface area contributed by atoms with E-state index in [9.17, 15) is 9.59 Å². The minimum absolute atomic E-state index is 0.0225. The molecule has 1 aromatic carbocycles. The molecule has 2 heterocycles. The number of nitrogens with two attached hydrogens (primary N) is 1. The smallest absolute Gasteiger partial charge is 0.254 e. The van der Waals surface area contributed by atoms with E-state index >= 15 is 0 Å². The molecule has 0 saturated carbocycles. The Labute approximate surface area is 118 Å². The van der Waals surface area contributed by atoms with Crippen molar-refractivity contribution in [1.29, 1.82) is 0 Å². The van der Waals surface area contributed by atoms with E-state index in [2.05, 4.69) is 5.32 Å². The maximum atomic E-state index is 12.6. The summed E-state index contributed by atoms with van der Waals surface area (Å²) in [5, 5.41) is 3.33.